The van der Waals surface area contributed by atoms with Gasteiger partial charge in [0, 0.05) is 12.1 Å². The Morgan fingerprint density at radius 3 is 2.71 bits per heavy atom. The summed E-state index contributed by atoms with van der Waals surface area (Å²) in [6.07, 6.45) is 2.56. The van der Waals surface area contributed by atoms with Crippen LogP contribution in [0.5, 0.6) is 5.75 Å². The standard InChI is InChI=1S/C26H27ClN4O3/c1-2-7-20-24(13-12-23-26(20)29-30-31(23)19-8-4-3-5-9-19)34-15-6-14-28-22-11-10-18(16-21(22)27)17-25(32)33/h3-5,8-13,16,28H,2,6-7,14-15,17H2,1H3,(H,32,33). The zero-order valence-corrected chi connectivity index (χ0v) is 19.8. The first-order valence-corrected chi connectivity index (χ1v) is 11.7. The summed E-state index contributed by atoms with van der Waals surface area (Å²) < 4.78 is 7.98. The fourth-order valence-corrected chi connectivity index (χ4v) is 4.15. The number of carboxylic acids is 1. The van der Waals surface area contributed by atoms with Crippen molar-refractivity contribution in [2.75, 3.05) is 18.5 Å². The van der Waals surface area contributed by atoms with Gasteiger partial charge in [-0.3, -0.25) is 4.79 Å². The molecule has 2 N–H and O–H groups in total. The van der Waals surface area contributed by atoms with E-state index in [4.69, 9.17) is 21.4 Å². The summed E-state index contributed by atoms with van der Waals surface area (Å²) >= 11 is 6.28. The van der Waals surface area contributed by atoms with Gasteiger partial charge < -0.3 is 15.2 Å². The lowest BCUT2D eigenvalue weighted by molar-refractivity contribution is -0.136. The number of fused-ring (bicyclic) bond motifs is 1. The maximum atomic E-state index is 10.8. The van der Waals surface area contributed by atoms with E-state index in [1.54, 1.807) is 12.1 Å². The number of ether oxygens (including phenoxy) is 1. The number of para-hydroxylation sites is 1. The SMILES string of the molecule is CCCc1c(OCCCNc2ccc(CC(=O)O)cc2Cl)ccc2c1nnn2-c1ccccc1. The van der Waals surface area contributed by atoms with Crippen LogP contribution in [0, 0.1) is 0 Å². The van der Waals surface area contributed by atoms with Crippen LogP contribution < -0.4 is 10.1 Å². The van der Waals surface area contributed by atoms with E-state index >= 15 is 0 Å². The van der Waals surface area contributed by atoms with Crippen LogP contribution in [0.1, 0.15) is 30.9 Å². The smallest absolute Gasteiger partial charge is 0.307 e. The average molecular weight is 479 g/mol. The molecule has 7 nitrogen and oxygen atoms in total. The lowest BCUT2D eigenvalue weighted by Gasteiger charge is -2.13. The van der Waals surface area contributed by atoms with E-state index in [0.717, 1.165) is 53.0 Å². The largest absolute Gasteiger partial charge is 0.493 e. The topological polar surface area (TPSA) is 89.3 Å². The maximum absolute atomic E-state index is 10.8. The van der Waals surface area contributed by atoms with Gasteiger partial charge in [-0.1, -0.05) is 54.4 Å². The van der Waals surface area contributed by atoms with Gasteiger partial charge in [-0.2, -0.15) is 0 Å². The molecule has 3 aromatic carbocycles. The van der Waals surface area contributed by atoms with Gasteiger partial charge in [-0.25, -0.2) is 4.68 Å². The predicted molar refractivity (Wildman–Crippen MR) is 134 cm³/mol. The molecule has 1 aromatic heterocycles. The number of aromatic nitrogens is 3. The number of nitrogens with one attached hydrogen (secondary N) is 1. The summed E-state index contributed by atoms with van der Waals surface area (Å²) in [5, 5.41) is 21.5. The van der Waals surface area contributed by atoms with Crippen molar-refractivity contribution in [3.8, 4) is 11.4 Å². The number of halogens is 1. The molecule has 0 saturated carbocycles. The molecule has 0 atom stereocenters. The van der Waals surface area contributed by atoms with E-state index in [2.05, 4.69) is 22.6 Å². The van der Waals surface area contributed by atoms with Crippen LogP contribution in [0.2, 0.25) is 5.02 Å². The molecule has 4 aromatic rings. The number of benzene rings is 3. The van der Waals surface area contributed by atoms with E-state index in [1.807, 2.05) is 53.2 Å². The number of rotatable bonds is 11. The molecule has 4 rings (SSSR count). The van der Waals surface area contributed by atoms with Gasteiger partial charge in [-0.15, -0.1) is 5.10 Å². The van der Waals surface area contributed by atoms with Crippen LogP contribution in [0.3, 0.4) is 0 Å². The number of hydrogen-bond donors (Lipinski definition) is 2. The molecule has 0 aliphatic heterocycles. The number of carboxylic acid groups (broad SMARTS) is 1. The van der Waals surface area contributed by atoms with Crippen molar-refractivity contribution >= 4 is 34.3 Å². The molecule has 0 radical (unpaired) electrons. The number of aliphatic carboxylic acids is 1. The lowest BCUT2D eigenvalue weighted by atomic mass is 10.1. The van der Waals surface area contributed by atoms with Gasteiger partial charge in [0.1, 0.15) is 11.3 Å². The predicted octanol–water partition coefficient (Wildman–Crippen LogP) is 5.53. The molecule has 0 saturated heterocycles. The maximum Gasteiger partial charge on any atom is 0.307 e. The molecule has 0 aliphatic rings. The number of hydrogen-bond acceptors (Lipinski definition) is 5. The number of carbonyl (C=O) groups is 1. The first-order valence-electron chi connectivity index (χ1n) is 11.4. The van der Waals surface area contributed by atoms with Crippen LogP contribution in [-0.4, -0.2) is 39.2 Å². The van der Waals surface area contributed by atoms with Crippen molar-refractivity contribution < 1.29 is 14.6 Å². The molecular weight excluding hydrogens is 452 g/mol. The second-order valence-corrected chi connectivity index (χ2v) is 8.42. The Bertz CT molecular complexity index is 1270. The van der Waals surface area contributed by atoms with Crippen molar-refractivity contribution in [1.82, 2.24) is 15.0 Å². The molecule has 0 spiro atoms. The van der Waals surface area contributed by atoms with Crippen molar-refractivity contribution in [2.24, 2.45) is 0 Å². The Kier molecular flexibility index (Phi) is 7.65. The summed E-state index contributed by atoms with van der Waals surface area (Å²) in [5.74, 6) is -0.0392. The van der Waals surface area contributed by atoms with Gasteiger partial charge >= 0.3 is 5.97 Å². The lowest BCUT2D eigenvalue weighted by Crippen LogP contribution is -2.09. The second-order valence-electron chi connectivity index (χ2n) is 8.01. The van der Waals surface area contributed by atoms with E-state index in [-0.39, 0.29) is 6.42 Å². The Morgan fingerprint density at radius 1 is 1.15 bits per heavy atom. The van der Waals surface area contributed by atoms with Gasteiger partial charge in [0.25, 0.3) is 0 Å². The molecule has 34 heavy (non-hydrogen) atoms. The van der Waals surface area contributed by atoms with E-state index in [9.17, 15) is 4.79 Å². The second kappa shape index (κ2) is 11.0. The molecule has 0 bridgehead atoms. The molecule has 1 heterocycles. The normalized spacial score (nSPS) is 11.0. The van der Waals surface area contributed by atoms with Gasteiger partial charge in [0.2, 0.25) is 0 Å². The highest BCUT2D eigenvalue weighted by atomic mass is 35.5. The van der Waals surface area contributed by atoms with Crippen molar-refractivity contribution in [1.29, 1.82) is 0 Å². The minimum atomic E-state index is -0.878. The van der Waals surface area contributed by atoms with E-state index in [0.29, 0.717) is 23.7 Å². The number of aryl methyl sites for hydroxylation is 1. The van der Waals surface area contributed by atoms with Gasteiger partial charge in [-0.05, 0) is 54.8 Å². The fraction of sp³-hybridized carbons (Fsp3) is 0.269. The van der Waals surface area contributed by atoms with Crippen molar-refractivity contribution in [2.45, 2.75) is 32.6 Å². The quantitative estimate of drug-likeness (QED) is 0.275. The molecule has 0 fully saturated rings. The first kappa shape index (κ1) is 23.6. The average Bonchev–Trinajstić information content (AvgIpc) is 3.26. The number of anilines is 1. The summed E-state index contributed by atoms with van der Waals surface area (Å²) in [6.45, 7) is 3.35. The Labute approximate surface area is 203 Å². The third kappa shape index (κ3) is 5.48. The highest BCUT2D eigenvalue weighted by molar-refractivity contribution is 6.33. The highest BCUT2D eigenvalue weighted by Crippen LogP contribution is 2.29. The summed E-state index contributed by atoms with van der Waals surface area (Å²) in [6, 6.07) is 19.2. The Balaban J connectivity index is 1.39. The summed E-state index contributed by atoms with van der Waals surface area (Å²) in [4.78, 5) is 10.8. The number of nitrogens with zero attached hydrogens (tertiary/aromatic N) is 3. The molecule has 0 aliphatic carbocycles. The van der Waals surface area contributed by atoms with Gasteiger partial charge in [0.05, 0.1) is 34.9 Å². The Hall–Kier alpha value is -3.58. The minimum Gasteiger partial charge on any atom is -0.493 e. The molecule has 8 heteroatoms. The van der Waals surface area contributed by atoms with Crippen molar-refractivity contribution in [3.63, 3.8) is 0 Å². The van der Waals surface area contributed by atoms with Gasteiger partial charge in [0.15, 0.2) is 0 Å². The Morgan fingerprint density at radius 2 is 1.97 bits per heavy atom. The van der Waals surface area contributed by atoms with Crippen LogP contribution in [0.15, 0.2) is 60.7 Å². The third-order valence-corrected chi connectivity index (χ3v) is 5.78. The monoisotopic (exact) mass is 478 g/mol. The first-order chi connectivity index (χ1) is 16.6. The van der Waals surface area contributed by atoms with Crippen molar-refractivity contribution in [3.05, 3.63) is 76.8 Å². The third-order valence-electron chi connectivity index (χ3n) is 5.46. The van der Waals surface area contributed by atoms with Crippen LogP contribution in [-0.2, 0) is 17.6 Å². The van der Waals surface area contributed by atoms with E-state index < -0.39 is 5.97 Å². The summed E-state index contributed by atoms with van der Waals surface area (Å²) in [7, 11) is 0. The van der Waals surface area contributed by atoms with Crippen LogP contribution in [0.4, 0.5) is 5.69 Å². The zero-order chi connectivity index (χ0) is 23.9. The molecule has 176 valence electrons. The minimum absolute atomic E-state index is 0.0443. The fourth-order valence-electron chi connectivity index (χ4n) is 3.88. The summed E-state index contributed by atoms with van der Waals surface area (Å²) in [5.41, 5.74) is 5.34. The van der Waals surface area contributed by atoms with Crippen LogP contribution >= 0.6 is 11.6 Å². The zero-order valence-electron chi connectivity index (χ0n) is 19.0. The van der Waals surface area contributed by atoms with Crippen LogP contribution in [0.25, 0.3) is 16.7 Å². The molecule has 0 amide bonds. The highest BCUT2D eigenvalue weighted by Gasteiger charge is 2.15. The molecule has 0 unspecified atom stereocenters. The molecular formula is C26H27ClN4O3. The van der Waals surface area contributed by atoms with E-state index in [1.165, 1.54) is 0 Å².